The van der Waals surface area contributed by atoms with Crippen LogP contribution in [-0.4, -0.2) is 7.11 Å². The summed E-state index contributed by atoms with van der Waals surface area (Å²) in [5.41, 5.74) is 4.62. The molecule has 5 heteroatoms. The van der Waals surface area contributed by atoms with E-state index in [0.29, 0.717) is 5.02 Å². The molecular formula is C14H14BrClN2O. The van der Waals surface area contributed by atoms with E-state index in [4.69, 9.17) is 22.2 Å². The molecule has 0 saturated carbocycles. The van der Waals surface area contributed by atoms with Crippen LogP contribution in [0.5, 0.6) is 5.75 Å². The molecule has 0 aliphatic carbocycles. The molecule has 2 aromatic carbocycles. The van der Waals surface area contributed by atoms with Crippen LogP contribution in [0.15, 0.2) is 46.9 Å². The molecule has 1 atom stereocenters. The van der Waals surface area contributed by atoms with Gasteiger partial charge in [0.2, 0.25) is 0 Å². The predicted molar refractivity (Wildman–Crippen MR) is 81.3 cm³/mol. The lowest BCUT2D eigenvalue weighted by molar-refractivity contribution is 0.404. The number of para-hydroxylation sites is 1. The maximum atomic E-state index is 6.26. The summed E-state index contributed by atoms with van der Waals surface area (Å²) in [6, 6.07) is 13.1. The van der Waals surface area contributed by atoms with E-state index in [1.54, 1.807) is 7.11 Å². The van der Waals surface area contributed by atoms with Crippen LogP contribution in [-0.2, 0) is 0 Å². The predicted octanol–water partition coefficient (Wildman–Crippen LogP) is 3.66. The van der Waals surface area contributed by atoms with Crippen molar-refractivity contribution in [3.63, 3.8) is 0 Å². The highest BCUT2D eigenvalue weighted by atomic mass is 79.9. The second-order valence-corrected chi connectivity index (χ2v) is 5.33. The summed E-state index contributed by atoms with van der Waals surface area (Å²) in [7, 11) is 1.63. The van der Waals surface area contributed by atoms with E-state index in [0.717, 1.165) is 21.3 Å². The van der Waals surface area contributed by atoms with Gasteiger partial charge in [0.15, 0.2) is 0 Å². The largest absolute Gasteiger partial charge is 0.496 e. The van der Waals surface area contributed by atoms with Gasteiger partial charge in [-0.15, -0.1) is 0 Å². The molecule has 2 rings (SSSR count). The van der Waals surface area contributed by atoms with E-state index < -0.39 is 0 Å². The number of nitrogens with two attached hydrogens (primary N) is 1. The topological polar surface area (TPSA) is 47.3 Å². The fourth-order valence-corrected chi connectivity index (χ4v) is 2.59. The number of methoxy groups -OCH3 is 1. The lowest BCUT2D eigenvalue weighted by atomic mass is 9.98. The van der Waals surface area contributed by atoms with Gasteiger partial charge in [-0.2, -0.15) is 0 Å². The van der Waals surface area contributed by atoms with E-state index in [9.17, 15) is 0 Å². The molecule has 100 valence electrons. The lowest BCUT2D eigenvalue weighted by Gasteiger charge is -2.20. The molecule has 1 unspecified atom stereocenters. The molecule has 0 aromatic heterocycles. The minimum Gasteiger partial charge on any atom is -0.496 e. The monoisotopic (exact) mass is 340 g/mol. The fraction of sp³-hybridized carbons (Fsp3) is 0.143. The van der Waals surface area contributed by atoms with Crippen LogP contribution in [0.2, 0.25) is 5.02 Å². The van der Waals surface area contributed by atoms with Crippen LogP contribution in [0.4, 0.5) is 0 Å². The molecule has 0 fully saturated rings. The second kappa shape index (κ2) is 6.39. The third-order valence-electron chi connectivity index (χ3n) is 2.89. The maximum absolute atomic E-state index is 6.26. The average molecular weight is 342 g/mol. The molecule has 3 nitrogen and oxygen atoms in total. The van der Waals surface area contributed by atoms with E-state index in [1.807, 2.05) is 42.5 Å². The minimum absolute atomic E-state index is 0.235. The van der Waals surface area contributed by atoms with E-state index >= 15 is 0 Å². The Bertz CT molecular complexity index is 577. The first-order valence-corrected chi connectivity index (χ1v) is 6.88. The molecular weight excluding hydrogens is 328 g/mol. The number of benzene rings is 2. The van der Waals surface area contributed by atoms with Gasteiger partial charge in [-0.3, -0.25) is 5.84 Å². The summed E-state index contributed by atoms with van der Waals surface area (Å²) in [4.78, 5) is 0. The van der Waals surface area contributed by atoms with Gasteiger partial charge in [-0.1, -0.05) is 45.7 Å². The Morgan fingerprint density at radius 2 is 1.95 bits per heavy atom. The number of hydrogen-bond donors (Lipinski definition) is 2. The summed E-state index contributed by atoms with van der Waals surface area (Å²) in [5.74, 6) is 6.47. The zero-order valence-corrected chi connectivity index (χ0v) is 12.7. The third-order valence-corrected chi connectivity index (χ3v) is 3.72. The van der Waals surface area contributed by atoms with Crippen molar-refractivity contribution in [1.82, 2.24) is 5.43 Å². The van der Waals surface area contributed by atoms with Crippen LogP contribution < -0.4 is 16.0 Å². The quantitative estimate of drug-likeness (QED) is 0.659. The molecule has 3 N–H and O–H groups in total. The number of hydrazine groups is 1. The van der Waals surface area contributed by atoms with Gasteiger partial charge in [-0.05, 0) is 29.8 Å². The average Bonchev–Trinajstić information content (AvgIpc) is 2.44. The number of hydrogen-bond acceptors (Lipinski definition) is 3. The molecule has 19 heavy (non-hydrogen) atoms. The number of halogens is 2. The van der Waals surface area contributed by atoms with Crippen molar-refractivity contribution in [2.45, 2.75) is 6.04 Å². The maximum Gasteiger partial charge on any atom is 0.124 e. The van der Waals surface area contributed by atoms with E-state index in [2.05, 4.69) is 21.4 Å². The number of ether oxygens (including phenoxy) is 1. The van der Waals surface area contributed by atoms with Crippen molar-refractivity contribution < 1.29 is 4.74 Å². The molecule has 0 spiro atoms. The molecule has 0 aliphatic heterocycles. The highest BCUT2D eigenvalue weighted by molar-refractivity contribution is 9.10. The number of nitrogens with one attached hydrogen (secondary N) is 1. The SMILES string of the molecule is COc1ccccc1C(NN)c1cc(Br)ccc1Cl. The summed E-state index contributed by atoms with van der Waals surface area (Å²) >= 11 is 9.70. The zero-order chi connectivity index (χ0) is 13.8. The van der Waals surface area contributed by atoms with Crippen molar-refractivity contribution in [3.05, 3.63) is 63.1 Å². The van der Waals surface area contributed by atoms with Gasteiger partial charge in [-0.25, -0.2) is 5.43 Å². The first kappa shape index (κ1) is 14.3. The van der Waals surface area contributed by atoms with Crippen LogP contribution in [0.3, 0.4) is 0 Å². The highest BCUT2D eigenvalue weighted by Gasteiger charge is 2.19. The Labute approximate surface area is 125 Å². The summed E-state index contributed by atoms with van der Waals surface area (Å²) < 4.78 is 6.32. The van der Waals surface area contributed by atoms with Crippen molar-refractivity contribution in [2.75, 3.05) is 7.11 Å². The first-order valence-electron chi connectivity index (χ1n) is 5.71. The molecule has 0 amide bonds. The number of rotatable bonds is 4. The van der Waals surface area contributed by atoms with E-state index in [-0.39, 0.29) is 6.04 Å². The van der Waals surface area contributed by atoms with Gasteiger partial charge < -0.3 is 4.74 Å². The molecule has 2 aromatic rings. The van der Waals surface area contributed by atoms with Crippen molar-refractivity contribution in [2.24, 2.45) is 5.84 Å². The van der Waals surface area contributed by atoms with Crippen LogP contribution in [0.25, 0.3) is 0 Å². The van der Waals surface area contributed by atoms with Crippen LogP contribution in [0.1, 0.15) is 17.2 Å². The van der Waals surface area contributed by atoms with E-state index in [1.165, 1.54) is 0 Å². The Morgan fingerprint density at radius 1 is 1.21 bits per heavy atom. The summed E-state index contributed by atoms with van der Waals surface area (Å²) in [6.07, 6.45) is 0. The standard InChI is InChI=1S/C14H14BrClN2O/c1-19-13-5-3-2-4-10(13)14(18-17)11-8-9(15)6-7-12(11)16/h2-8,14,18H,17H2,1H3. The fourth-order valence-electron chi connectivity index (χ4n) is 1.99. The van der Waals surface area contributed by atoms with Gasteiger partial charge in [0.25, 0.3) is 0 Å². The smallest absolute Gasteiger partial charge is 0.124 e. The second-order valence-electron chi connectivity index (χ2n) is 4.01. The molecule has 0 radical (unpaired) electrons. The first-order chi connectivity index (χ1) is 9.17. The minimum atomic E-state index is -0.235. The van der Waals surface area contributed by atoms with Gasteiger partial charge in [0.05, 0.1) is 13.2 Å². The summed E-state index contributed by atoms with van der Waals surface area (Å²) in [6.45, 7) is 0. The Balaban J connectivity index is 2.53. The van der Waals surface area contributed by atoms with Gasteiger partial charge in [0, 0.05) is 15.1 Å². The van der Waals surface area contributed by atoms with Gasteiger partial charge in [0.1, 0.15) is 5.75 Å². The molecule has 0 bridgehead atoms. The highest BCUT2D eigenvalue weighted by Crippen LogP contribution is 2.34. The normalized spacial score (nSPS) is 12.2. The van der Waals surface area contributed by atoms with Gasteiger partial charge >= 0.3 is 0 Å². The lowest BCUT2D eigenvalue weighted by Crippen LogP contribution is -2.29. The zero-order valence-electron chi connectivity index (χ0n) is 10.4. The Kier molecular flexibility index (Phi) is 4.82. The van der Waals surface area contributed by atoms with Crippen molar-refractivity contribution in [1.29, 1.82) is 0 Å². The molecule has 0 aliphatic rings. The third kappa shape index (κ3) is 3.09. The van der Waals surface area contributed by atoms with Crippen molar-refractivity contribution >= 4 is 27.5 Å². The van der Waals surface area contributed by atoms with Crippen molar-refractivity contribution in [3.8, 4) is 5.75 Å². The molecule has 0 saturated heterocycles. The van der Waals surface area contributed by atoms with Crippen LogP contribution in [0, 0.1) is 0 Å². The Hall–Kier alpha value is -1.07. The van der Waals surface area contributed by atoms with Crippen LogP contribution >= 0.6 is 27.5 Å². The Morgan fingerprint density at radius 3 is 2.63 bits per heavy atom. The summed E-state index contributed by atoms with van der Waals surface area (Å²) in [5, 5.41) is 0.650. The molecule has 0 heterocycles.